The van der Waals surface area contributed by atoms with Gasteiger partial charge in [0.2, 0.25) is 0 Å². The van der Waals surface area contributed by atoms with E-state index in [0.717, 1.165) is 19.7 Å². The van der Waals surface area contributed by atoms with Crippen LogP contribution in [0.25, 0.3) is 0 Å². The van der Waals surface area contributed by atoms with E-state index >= 15 is 0 Å². The number of methoxy groups -OCH3 is 1. The van der Waals surface area contributed by atoms with Crippen LogP contribution in [0.3, 0.4) is 0 Å². The highest BCUT2D eigenvalue weighted by Crippen LogP contribution is 2.04. The van der Waals surface area contributed by atoms with Gasteiger partial charge in [0.25, 0.3) is 0 Å². The maximum absolute atomic E-state index is 5.90. The summed E-state index contributed by atoms with van der Waals surface area (Å²) >= 11 is 0. The van der Waals surface area contributed by atoms with E-state index in [1.165, 1.54) is 0 Å². The molecule has 0 spiro atoms. The summed E-state index contributed by atoms with van der Waals surface area (Å²) in [5, 5.41) is 0. The molecule has 0 aliphatic heterocycles. The van der Waals surface area contributed by atoms with Crippen molar-refractivity contribution < 1.29 is 4.74 Å². The Hall–Kier alpha value is -0.120. The molecule has 0 bridgehead atoms. The Balaban J connectivity index is 3.76. The van der Waals surface area contributed by atoms with E-state index in [1.807, 2.05) is 13.8 Å². The lowest BCUT2D eigenvalue weighted by atomic mass is 10.2. The Morgan fingerprint density at radius 2 is 2.00 bits per heavy atom. The van der Waals surface area contributed by atoms with Crippen molar-refractivity contribution >= 4 is 0 Å². The molecule has 0 unspecified atom stereocenters. The maximum atomic E-state index is 5.90. The molecule has 0 atom stereocenters. The van der Waals surface area contributed by atoms with Gasteiger partial charge >= 0.3 is 0 Å². The van der Waals surface area contributed by atoms with Crippen molar-refractivity contribution in [1.82, 2.24) is 4.90 Å². The van der Waals surface area contributed by atoms with Crippen molar-refractivity contribution in [3.05, 3.63) is 0 Å². The molecule has 0 aromatic carbocycles. The first kappa shape index (κ1) is 10.9. The van der Waals surface area contributed by atoms with Crippen molar-refractivity contribution in [2.45, 2.75) is 26.4 Å². The lowest BCUT2D eigenvalue weighted by Gasteiger charge is -2.34. The molecule has 0 saturated carbocycles. The van der Waals surface area contributed by atoms with E-state index < -0.39 is 0 Å². The standard InChI is InChI=1S/C8H20N2O/c1-5-10(6-7-11-4)8(2,3)9/h5-7,9H2,1-4H3. The van der Waals surface area contributed by atoms with E-state index in [0.29, 0.717) is 0 Å². The molecule has 68 valence electrons. The molecule has 0 saturated heterocycles. The topological polar surface area (TPSA) is 38.5 Å². The molecule has 0 aliphatic rings. The number of likely N-dealkylation sites (N-methyl/N-ethyl adjacent to an activating group) is 1. The maximum Gasteiger partial charge on any atom is 0.0629 e. The highest BCUT2D eigenvalue weighted by Gasteiger charge is 2.18. The zero-order valence-corrected chi connectivity index (χ0v) is 8.05. The van der Waals surface area contributed by atoms with Crippen molar-refractivity contribution in [3.63, 3.8) is 0 Å². The predicted molar refractivity (Wildman–Crippen MR) is 47.4 cm³/mol. The molecular formula is C8H20N2O. The first-order valence-electron chi connectivity index (χ1n) is 4.05. The smallest absolute Gasteiger partial charge is 0.0629 e. The van der Waals surface area contributed by atoms with Gasteiger partial charge in [0.05, 0.1) is 12.3 Å². The average molecular weight is 160 g/mol. The van der Waals surface area contributed by atoms with E-state index in [-0.39, 0.29) is 5.66 Å². The second kappa shape index (κ2) is 4.70. The van der Waals surface area contributed by atoms with Crippen molar-refractivity contribution in [3.8, 4) is 0 Å². The second-order valence-electron chi connectivity index (χ2n) is 3.23. The van der Waals surface area contributed by atoms with Crippen molar-refractivity contribution in [1.29, 1.82) is 0 Å². The van der Waals surface area contributed by atoms with Crippen LogP contribution >= 0.6 is 0 Å². The summed E-state index contributed by atoms with van der Waals surface area (Å²) < 4.78 is 4.97. The van der Waals surface area contributed by atoms with E-state index in [4.69, 9.17) is 10.5 Å². The summed E-state index contributed by atoms with van der Waals surface area (Å²) in [5.41, 5.74) is 5.67. The zero-order valence-electron chi connectivity index (χ0n) is 8.05. The largest absolute Gasteiger partial charge is 0.383 e. The minimum atomic E-state index is -0.229. The Labute approximate surface area is 69.5 Å². The van der Waals surface area contributed by atoms with Crippen LogP contribution in [0.2, 0.25) is 0 Å². The SMILES string of the molecule is CCN(CCOC)C(C)(C)N. The van der Waals surface area contributed by atoms with Gasteiger partial charge in [-0.15, -0.1) is 0 Å². The number of rotatable bonds is 5. The number of nitrogens with two attached hydrogens (primary N) is 1. The van der Waals surface area contributed by atoms with Crippen molar-refractivity contribution in [2.75, 3.05) is 26.8 Å². The van der Waals surface area contributed by atoms with Crippen LogP contribution in [-0.2, 0) is 4.74 Å². The third-order valence-electron chi connectivity index (χ3n) is 1.76. The number of hydrogen-bond acceptors (Lipinski definition) is 3. The summed E-state index contributed by atoms with van der Waals surface area (Å²) in [7, 11) is 1.71. The van der Waals surface area contributed by atoms with Gasteiger partial charge in [0.1, 0.15) is 0 Å². The van der Waals surface area contributed by atoms with Gasteiger partial charge in [0.15, 0.2) is 0 Å². The average Bonchev–Trinajstić information content (AvgIpc) is 1.87. The quantitative estimate of drug-likeness (QED) is 0.600. The van der Waals surface area contributed by atoms with Crippen LogP contribution in [0.15, 0.2) is 0 Å². The van der Waals surface area contributed by atoms with Crippen molar-refractivity contribution in [2.24, 2.45) is 5.73 Å². The number of nitrogens with zero attached hydrogens (tertiary/aromatic N) is 1. The fraction of sp³-hybridized carbons (Fsp3) is 1.00. The molecule has 0 fully saturated rings. The van der Waals surface area contributed by atoms with Gasteiger partial charge < -0.3 is 10.5 Å². The van der Waals surface area contributed by atoms with Gasteiger partial charge in [-0.05, 0) is 20.4 Å². The van der Waals surface area contributed by atoms with Gasteiger partial charge in [0, 0.05) is 13.7 Å². The summed E-state index contributed by atoms with van der Waals surface area (Å²) in [5.74, 6) is 0. The Morgan fingerprint density at radius 1 is 1.45 bits per heavy atom. The molecule has 0 heterocycles. The summed E-state index contributed by atoms with van der Waals surface area (Å²) in [4.78, 5) is 2.18. The molecule has 3 heteroatoms. The molecule has 0 aliphatic carbocycles. The monoisotopic (exact) mass is 160 g/mol. The first-order valence-corrected chi connectivity index (χ1v) is 4.05. The summed E-state index contributed by atoms with van der Waals surface area (Å²) in [6, 6.07) is 0. The minimum absolute atomic E-state index is 0.229. The zero-order chi connectivity index (χ0) is 8.91. The molecule has 0 rings (SSSR count). The first-order chi connectivity index (χ1) is 5.02. The molecule has 0 aromatic rings. The summed E-state index contributed by atoms with van der Waals surface area (Å²) in [6.07, 6.45) is 0. The fourth-order valence-corrected chi connectivity index (χ4v) is 1.06. The van der Waals surface area contributed by atoms with Crippen LogP contribution in [0, 0.1) is 0 Å². The number of hydrogen-bond donors (Lipinski definition) is 1. The Morgan fingerprint density at radius 3 is 2.27 bits per heavy atom. The Bertz CT molecular complexity index is 98.8. The third kappa shape index (κ3) is 4.35. The molecule has 11 heavy (non-hydrogen) atoms. The van der Waals surface area contributed by atoms with Crippen LogP contribution in [-0.4, -0.2) is 37.4 Å². The highest BCUT2D eigenvalue weighted by atomic mass is 16.5. The summed E-state index contributed by atoms with van der Waals surface area (Å²) in [6.45, 7) is 8.72. The molecule has 0 radical (unpaired) electrons. The lowest BCUT2D eigenvalue weighted by Crippen LogP contribution is -2.52. The van der Waals surface area contributed by atoms with Gasteiger partial charge in [-0.1, -0.05) is 6.92 Å². The van der Waals surface area contributed by atoms with Crippen LogP contribution in [0.1, 0.15) is 20.8 Å². The fourth-order valence-electron chi connectivity index (χ4n) is 1.06. The minimum Gasteiger partial charge on any atom is -0.383 e. The van der Waals surface area contributed by atoms with Gasteiger partial charge in [-0.2, -0.15) is 0 Å². The lowest BCUT2D eigenvalue weighted by molar-refractivity contribution is 0.0854. The number of ether oxygens (including phenoxy) is 1. The molecule has 0 aromatic heterocycles. The molecular weight excluding hydrogens is 140 g/mol. The molecule has 2 N–H and O–H groups in total. The normalized spacial score (nSPS) is 12.5. The van der Waals surface area contributed by atoms with E-state index in [2.05, 4.69) is 11.8 Å². The van der Waals surface area contributed by atoms with Crippen LogP contribution in [0.4, 0.5) is 0 Å². The predicted octanol–water partition coefficient (Wildman–Crippen LogP) is 0.650. The van der Waals surface area contributed by atoms with Crippen LogP contribution in [0.5, 0.6) is 0 Å². The van der Waals surface area contributed by atoms with E-state index in [1.54, 1.807) is 7.11 Å². The second-order valence-corrected chi connectivity index (χ2v) is 3.23. The molecule has 0 amide bonds. The van der Waals surface area contributed by atoms with Crippen LogP contribution < -0.4 is 5.73 Å². The van der Waals surface area contributed by atoms with Gasteiger partial charge in [-0.25, -0.2) is 0 Å². The Kier molecular flexibility index (Phi) is 4.65. The third-order valence-corrected chi connectivity index (χ3v) is 1.76. The van der Waals surface area contributed by atoms with Gasteiger partial charge in [-0.3, -0.25) is 4.90 Å². The highest BCUT2D eigenvalue weighted by molar-refractivity contribution is 4.72. The molecule has 3 nitrogen and oxygen atoms in total. The van der Waals surface area contributed by atoms with E-state index in [9.17, 15) is 0 Å².